The van der Waals surface area contributed by atoms with E-state index < -0.39 is 5.97 Å². The van der Waals surface area contributed by atoms with Crippen LogP contribution in [0.5, 0.6) is 0 Å². The van der Waals surface area contributed by atoms with Crippen LogP contribution in [0.3, 0.4) is 0 Å². The average molecular weight is 168 g/mol. The molecule has 6 nitrogen and oxygen atoms in total. The molecule has 0 atom stereocenters. The van der Waals surface area contributed by atoms with Crippen molar-refractivity contribution in [2.75, 3.05) is 5.84 Å². The lowest BCUT2D eigenvalue weighted by Gasteiger charge is -1.99. The number of hydrogen-bond donors (Lipinski definition) is 3. The molecule has 0 radical (unpaired) electrons. The molecule has 0 aliphatic rings. The Kier molecular flexibility index (Phi) is 2.00. The smallest absolute Gasteiger partial charge is 0.335 e. The molecule has 0 aromatic carbocycles. The van der Waals surface area contributed by atoms with Crippen LogP contribution in [0.4, 0.5) is 0 Å². The second-order valence-corrected chi connectivity index (χ2v) is 2.12. The topological polar surface area (TPSA) is 107 Å². The Bertz CT molecular complexity index is 368. The Hall–Kier alpha value is -1.98. The van der Waals surface area contributed by atoms with E-state index in [9.17, 15) is 4.79 Å². The fourth-order valence-electron chi connectivity index (χ4n) is 0.736. The first-order chi connectivity index (χ1) is 5.65. The Labute approximate surface area is 67.7 Å². The summed E-state index contributed by atoms with van der Waals surface area (Å²) in [5.74, 6) is 9.26. The van der Waals surface area contributed by atoms with Gasteiger partial charge in [-0.05, 0) is 12.1 Å². The third-order valence-corrected chi connectivity index (χ3v) is 1.34. The highest BCUT2D eigenvalue weighted by molar-refractivity contribution is 5.87. The van der Waals surface area contributed by atoms with Gasteiger partial charge in [-0.3, -0.25) is 4.68 Å². The van der Waals surface area contributed by atoms with Crippen molar-refractivity contribution in [1.29, 1.82) is 0 Å². The number of aromatic nitrogens is 1. The molecule has 0 aliphatic heterocycles. The maximum absolute atomic E-state index is 10.4. The van der Waals surface area contributed by atoms with Crippen LogP contribution in [0.25, 0.3) is 0 Å². The molecule has 0 fully saturated rings. The molecule has 1 rings (SSSR count). The van der Waals surface area contributed by atoms with Gasteiger partial charge in [-0.2, -0.15) is 5.10 Å². The molecule has 5 N–H and O–H groups in total. The van der Waals surface area contributed by atoms with Crippen LogP contribution in [0.1, 0.15) is 10.4 Å². The van der Waals surface area contributed by atoms with Crippen molar-refractivity contribution >= 4 is 5.97 Å². The molecule has 0 amide bonds. The van der Waals surface area contributed by atoms with Crippen LogP contribution in [0.2, 0.25) is 0 Å². The molecule has 0 bridgehead atoms. The SMILES string of the molecule is N/N=c1/cc(C(=O)O)ccn1N. The minimum atomic E-state index is -1.04. The summed E-state index contributed by atoms with van der Waals surface area (Å²) in [6, 6.07) is 2.64. The first-order valence-corrected chi connectivity index (χ1v) is 3.10. The van der Waals surface area contributed by atoms with Crippen LogP contribution < -0.4 is 17.2 Å². The van der Waals surface area contributed by atoms with E-state index in [1.54, 1.807) is 0 Å². The zero-order valence-corrected chi connectivity index (χ0v) is 6.14. The number of nitrogen functional groups attached to an aromatic ring is 1. The quantitative estimate of drug-likeness (QED) is 0.357. The Morgan fingerprint density at radius 1 is 1.67 bits per heavy atom. The second-order valence-electron chi connectivity index (χ2n) is 2.12. The highest BCUT2D eigenvalue weighted by Crippen LogP contribution is 1.91. The van der Waals surface area contributed by atoms with Crippen molar-refractivity contribution in [3.8, 4) is 0 Å². The van der Waals surface area contributed by atoms with Gasteiger partial charge in [0.25, 0.3) is 0 Å². The van der Waals surface area contributed by atoms with Gasteiger partial charge < -0.3 is 16.8 Å². The van der Waals surface area contributed by atoms with E-state index in [-0.39, 0.29) is 11.1 Å². The number of carboxylic acid groups (broad SMARTS) is 1. The molecule has 12 heavy (non-hydrogen) atoms. The summed E-state index contributed by atoms with van der Waals surface area (Å²) in [5, 5.41) is 11.9. The lowest BCUT2D eigenvalue weighted by molar-refractivity contribution is 0.0696. The van der Waals surface area contributed by atoms with Gasteiger partial charge in [0.15, 0.2) is 5.49 Å². The molecule has 0 saturated heterocycles. The van der Waals surface area contributed by atoms with Gasteiger partial charge in [0.05, 0.1) is 5.56 Å². The van der Waals surface area contributed by atoms with Crippen LogP contribution >= 0.6 is 0 Å². The molecule has 0 spiro atoms. The summed E-state index contributed by atoms with van der Waals surface area (Å²) < 4.78 is 1.13. The van der Waals surface area contributed by atoms with E-state index in [4.69, 9.17) is 16.8 Å². The Balaban J connectivity index is 3.33. The minimum Gasteiger partial charge on any atom is -0.478 e. The Morgan fingerprint density at radius 2 is 2.33 bits per heavy atom. The fraction of sp³-hybridized carbons (Fsp3) is 0. The van der Waals surface area contributed by atoms with Gasteiger partial charge >= 0.3 is 5.97 Å². The van der Waals surface area contributed by atoms with Gasteiger partial charge in [0.1, 0.15) is 0 Å². The van der Waals surface area contributed by atoms with Gasteiger partial charge in [-0.25, -0.2) is 4.79 Å². The molecule has 1 heterocycles. The maximum Gasteiger partial charge on any atom is 0.335 e. The lowest BCUT2D eigenvalue weighted by atomic mass is 10.3. The van der Waals surface area contributed by atoms with Crippen molar-refractivity contribution < 1.29 is 9.90 Å². The number of nitrogens with zero attached hydrogens (tertiary/aromatic N) is 2. The number of hydrogen-bond acceptors (Lipinski definition) is 4. The third kappa shape index (κ3) is 1.36. The van der Waals surface area contributed by atoms with Crippen LogP contribution in [-0.4, -0.2) is 15.8 Å². The van der Waals surface area contributed by atoms with E-state index in [0.29, 0.717) is 0 Å². The minimum absolute atomic E-state index is 0.0981. The van der Waals surface area contributed by atoms with Crippen LogP contribution in [0.15, 0.2) is 23.4 Å². The second kappa shape index (κ2) is 2.95. The normalized spacial score (nSPS) is 11.5. The van der Waals surface area contributed by atoms with Gasteiger partial charge in [0.2, 0.25) is 0 Å². The maximum atomic E-state index is 10.4. The summed E-state index contributed by atoms with van der Waals surface area (Å²) >= 11 is 0. The van der Waals surface area contributed by atoms with Crippen LogP contribution in [0, 0.1) is 0 Å². The number of carbonyl (C=O) groups is 1. The van der Waals surface area contributed by atoms with Crippen molar-refractivity contribution in [3.63, 3.8) is 0 Å². The van der Waals surface area contributed by atoms with Crippen molar-refractivity contribution in [1.82, 2.24) is 4.68 Å². The van der Waals surface area contributed by atoms with Crippen molar-refractivity contribution in [2.45, 2.75) is 0 Å². The standard InChI is InChI=1S/C6H8N4O2/c7-9-5-3-4(6(11)12)1-2-10(5)8/h1-3H,7-8H2,(H,11,12)/b9-5-. The third-order valence-electron chi connectivity index (χ3n) is 1.34. The summed E-state index contributed by atoms with van der Waals surface area (Å²) in [7, 11) is 0. The summed E-state index contributed by atoms with van der Waals surface area (Å²) in [5.41, 5.74) is 0.302. The predicted octanol–water partition coefficient (Wildman–Crippen LogP) is -1.33. The zero-order valence-electron chi connectivity index (χ0n) is 6.14. The van der Waals surface area contributed by atoms with E-state index in [1.165, 1.54) is 18.3 Å². The van der Waals surface area contributed by atoms with Crippen molar-refractivity contribution in [2.24, 2.45) is 10.9 Å². The van der Waals surface area contributed by atoms with Gasteiger partial charge in [-0.15, -0.1) is 0 Å². The van der Waals surface area contributed by atoms with E-state index in [0.717, 1.165) is 4.68 Å². The van der Waals surface area contributed by atoms with Gasteiger partial charge in [0, 0.05) is 6.20 Å². The highest BCUT2D eigenvalue weighted by atomic mass is 16.4. The molecule has 0 saturated carbocycles. The molecule has 1 aromatic rings. The zero-order chi connectivity index (χ0) is 9.14. The number of rotatable bonds is 1. The summed E-state index contributed by atoms with van der Waals surface area (Å²) in [6.45, 7) is 0. The molecule has 64 valence electrons. The number of nitrogens with two attached hydrogens (primary N) is 2. The first kappa shape index (κ1) is 8.12. The number of aromatic carboxylic acids is 1. The predicted molar refractivity (Wildman–Crippen MR) is 41.3 cm³/mol. The highest BCUT2D eigenvalue weighted by Gasteiger charge is 2.01. The lowest BCUT2D eigenvalue weighted by Crippen LogP contribution is -2.29. The number of carboxylic acids is 1. The monoisotopic (exact) mass is 168 g/mol. The molecule has 6 heteroatoms. The molecule has 1 aromatic heterocycles. The molecular formula is C6H8N4O2. The van der Waals surface area contributed by atoms with Crippen molar-refractivity contribution in [3.05, 3.63) is 29.4 Å². The van der Waals surface area contributed by atoms with E-state index >= 15 is 0 Å². The molecule has 0 aliphatic carbocycles. The summed E-state index contributed by atoms with van der Waals surface area (Å²) in [6.07, 6.45) is 1.37. The van der Waals surface area contributed by atoms with E-state index in [1.807, 2.05) is 0 Å². The summed E-state index contributed by atoms with van der Waals surface area (Å²) in [4.78, 5) is 10.4. The van der Waals surface area contributed by atoms with Crippen LogP contribution in [-0.2, 0) is 0 Å². The largest absolute Gasteiger partial charge is 0.478 e. The first-order valence-electron chi connectivity index (χ1n) is 3.10. The average Bonchev–Trinajstić information content (AvgIpc) is 2.05. The molecule has 0 unspecified atom stereocenters. The number of pyridine rings is 1. The van der Waals surface area contributed by atoms with Gasteiger partial charge in [-0.1, -0.05) is 0 Å². The van der Waals surface area contributed by atoms with E-state index in [2.05, 4.69) is 5.10 Å². The Morgan fingerprint density at radius 3 is 2.83 bits per heavy atom. The fourth-order valence-corrected chi connectivity index (χ4v) is 0.736. The molecular weight excluding hydrogens is 160 g/mol.